The molecular weight excluding hydrogens is 444 g/mol. The summed E-state index contributed by atoms with van der Waals surface area (Å²) in [4.78, 5) is 18.1. The van der Waals surface area contributed by atoms with Crippen molar-refractivity contribution in [2.24, 2.45) is 0 Å². The van der Waals surface area contributed by atoms with Crippen LogP contribution < -0.4 is 5.56 Å². The van der Waals surface area contributed by atoms with Crippen LogP contribution in [0.4, 0.5) is 0 Å². The van der Waals surface area contributed by atoms with Crippen molar-refractivity contribution in [3.63, 3.8) is 0 Å². The van der Waals surface area contributed by atoms with Gasteiger partial charge in [-0.2, -0.15) is 0 Å². The number of aryl methyl sites for hydroxylation is 1. The van der Waals surface area contributed by atoms with E-state index in [2.05, 4.69) is 10.2 Å². The molecular formula is C24H17ClN4O2S. The normalized spacial score (nSPS) is 11.2. The Morgan fingerprint density at radius 2 is 1.72 bits per heavy atom. The maximum atomic E-state index is 13.4. The van der Waals surface area contributed by atoms with E-state index in [1.807, 2.05) is 67.6 Å². The molecule has 2 heterocycles. The van der Waals surface area contributed by atoms with E-state index in [0.717, 1.165) is 11.3 Å². The first-order valence-electron chi connectivity index (χ1n) is 9.90. The number of nitrogens with zero attached hydrogens (tertiary/aromatic N) is 4. The number of halogens is 1. The van der Waals surface area contributed by atoms with Crippen LogP contribution >= 0.6 is 23.4 Å². The summed E-state index contributed by atoms with van der Waals surface area (Å²) in [5.74, 6) is 1.13. The summed E-state index contributed by atoms with van der Waals surface area (Å²) in [6.07, 6.45) is 0. The highest BCUT2D eigenvalue weighted by Gasteiger charge is 2.17. The Bertz CT molecular complexity index is 1500. The van der Waals surface area contributed by atoms with Gasteiger partial charge in [0.05, 0.1) is 32.9 Å². The molecule has 5 aromatic rings. The number of benzene rings is 3. The molecule has 0 spiro atoms. The van der Waals surface area contributed by atoms with E-state index in [1.165, 1.54) is 11.8 Å². The smallest absolute Gasteiger partial charge is 0.266 e. The second kappa shape index (κ2) is 8.61. The number of hydrogen-bond donors (Lipinski definition) is 0. The van der Waals surface area contributed by atoms with Crippen LogP contribution in [0, 0.1) is 6.92 Å². The van der Waals surface area contributed by atoms with Crippen molar-refractivity contribution in [1.29, 1.82) is 0 Å². The largest absolute Gasteiger partial charge is 0.420 e. The summed E-state index contributed by atoms with van der Waals surface area (Å²) in [5, 5.41) is 9.93. The molecule has 0 aliphatic carbocycles. The molecule has 3 aromatic carbocycles. The molecule has 0 fully saturated rings. The molecule has 0 atom stereocenters. The number of rotatable bonds is 5. The van der Waals surface area contributed by atoms with Crippen LogP contribution in [0.25, 0.3) is 28.0 Å². The van der Waals surface area contributed by atoms with E-state index in [4.69, 9.17) is 21.0 Å². The van der Waals surface area contributed by atoms with E-state index in [1.54, 1.807) is 16.7 Å². The Morgan fingerprint density at radius 1 is 0.969 bits per heavy atom. The lowest BCUT2D eigenvalue weighted by molar-refractivity contribution is 0.528. The topological polar surface area (TPSA) is 73.8 Å². The zero-order valence-corrected chi connectivity index (χ0v) is 18.6. The van der Waals surface area contributed by atoms with E-state index < -0.39 is 0 Å². The Balaban J connectivity index is 1.54. The van der Waals surface area contributed by atoms with E-state index in [-0.39, 0.29) is 5.56 Å². The number of hydrogen-bond acceptors (Lipinski definition) is 6. The lowest BCUT2D eigenvalue weighted by atomic mass is 10.2. The van der Waals surface area contributed by atoms with Gasteiger partial charge in [-0.3, -0.25) is 9.36 Å². The summed E-state index contributed by atoms with van der Waals surface area (Å²) >= 11 is 7.60. The fraction of sp³-hybridized carbons (Fsp3) is 0.0833. The summed E-state index contributed by atoms with van der Waals surface area (Å²) in [6.45, 7) is 1.97. The minimum Gasteiger partial charge on any atom is -0.420 e. The van der Waals surface area contributed by atoms with Gasteiger partial charge in [0, 0.05) is 0 Å². The van der Waals surface area contributed by atoms with Crippen LogP contribution in [0.1, 0.15) is 11.5 Å². The summed E-state index contributed by atoms with van der Waals surface area (Å²) in [7, 11) is 0. The summed E-state index contributed by atoms with van der Waals surface area (Å²) < 4.78 is 7.46. The quantitative estimate of drug-likeness (QED) is 0.248. The maximum absolute atomic E-state index is 13.4. The third kappa shape index (κ3) is 3.81. The molecule has 0 unspecified atom stereocenters. The molecule has 0 aliphatic rings. The SMILES string of the molecule is Cc1ccccc1-n1c(SCc2nnc(-c3ccccc3Cl)o2)nc2ccccc2c1=O. The van der Waals surface area contributed by atoms with Gasteiger partial charge >= 0.3 is 0 Å². The van der Waals surface area contributed by atoms with Crippen molar-refractivity contribution < 1.29 is 4.42 Å². The van der Waals surface area contributed by atoms with Crippen molar-refractivity contribution >= 4 is 34.3 Å². The van der Waals surface area contributed by atoms with Gasteiger partial charge in [0.15, 0.2) is 5.16 Å². The van der Waals surface area contributed by atoms with Gasteiger partial charge in [-0.05, 0) is 42.8 Å². The molecule has 5 rings (SSSR count). The third-order valence-corrected chi connectivity index (χ3v) is 6.25. The van der Waals surface area contributed by atoms with Crippen molar-refractivity contribution in [3.05, 3.63) is 99.6 Å². The molecule has 32 heavy (non-hydrogen) atoms. The lowest BCUT2D eigenvalue weighted by Crippen LogP contribution is -2.22. The van der Waals surface area contributed by atoms with Crippen LogP contribution in [-0.4, -0.2) is 19.7 Å². The van der Waals surface area contributed by atoms with Gasteiger partial charge in [0.25, 0.3) is 5.56 Å². The average molecular weight is 461 g/mol. The highest BCUT2D eigenvalue weighted by atomic mass is 35.5. The van der Waals surface area contributed by atoms with Crippen molar-refractivity contribution in [2.75, 3.05) is 0 Å². The molecule has 0 N–H and O–H groups in total. The van der Waals surface area contributed by atoms with Crippen molar-refractivity contribution in [1.82, 2.24) is 19.7 Å². The van der Waals surface area contributed by atoms with Crippen molar-refractivity contribution in [3.8, 4) is 17.1 Å². The molecule has 8 heteroatoms. The molecule has 2 aromatic heterocycles. The maximum Gasteiger partial charge on any atom is 0.266 e. The van der Waals surface area contributed by atoms with Gasteiger partial charge in [-0.25, -0.2) is 4.98 Å². The standard InChI is InChI=1S/C24H17ClN4O2S/c1-15-8-2-7-13-20(15)29-23(30)17-10-4-6-12-19(17)26-24(29)32-14-21-27-28-22(31-21)16-9-3-5-11-18(16)25/h2-13H,14H2,1H3. The lowest BCUT2D eigenvalue weighted by Gasteiger charge is -2.14. The Labute approximate surface area is 192 Å². The van der Waals surface area contributed by atoms with Gasteiger partial charge in [-0.15, -0.1) is 10.2 Å². The molecule has 0 saturated heterocycles. The van der Waals surface area contributed by atoms with Crippen LogP contribution in [0.3, 0.4) is 0 Å². The fourth-order valence-electron chi connectivity index (χ4n) is 3.42. The molecule has 0 bridgehead atoms. The Hall–Kier alpha value is -3.42. The highest BCUT2D eigenvalue weighted by molar-refractivity contribution is 7.98. The van der Waals surface area contributed by atoms with Gasteiger partial charge in [0.2, 0.25) is 11.8 Å². The van der Waals surface area contributed by atoms with Gasteiger partial charge in [-0.1, -0.05) is 65.8 Å². The molecule has 6 nitrogen and oxygen atoms in total. The monoisotopic (exact) mass is 460 g/mol. The predicted octanol–water partition coefficient (Wildman–Crippen LogP) is 5.69. The third-order valence-electron chi connectivity index (χ3n) is 5.00. The Morgan fingerprint density at radius 3 is 2.56 bits per heavy atom. The summed E-state index contributed by atoms with van der Waals surface area (Å²) in [6, 6.07) is 22.4. The van der Waals surface area contributed by atoms with Crippen LogP contribution in [-0.2, 0) is 5.75 Å². The second-order valence-corrected chi connectivity index (χ2v) is 8.46. The predicted molar refractivity (Wildman–Crippen MR) is 126 cm³/mol. The Kier molecular flexibility index (Phi) is 5.51. The fourth-order valence-corrected chi connectivity index (χ4v) is 4.48. The number of fused-ring (bicyclic) bond motifs is 1. The first-order valence-corrected chi connectivity index (χ1v) is 11.3. The number of aromatic nitrogens is 4. The minimum absolute atomic E-state index is 0.116. The van der Waals surface area contributed by atoms with Crippen molar-refractivity contribution in [2.45, 2.75) is 17.8 Å². The molecule has 0 saturated carbocycles. The van der Waals surface area contributed by atoms with E-state index in [9.17, 15) is 4.79 Å². The second-order valence-electron chi connectivity index (χ2n) is 7.11. The average Bonchev–Trinajstić information content (AvgIpc) is 3.28. The van der Waals surface area contributed by atoms with Crippen LogP contribution in [0.5, 0.6) is 0 Å². The van der Waals surface area contributed by atoms with Gasteiger partial charge in [0.1, 0.15) is 0 Å². The zero-order chi connectivity index (χ0) is 22.1. The summed E-state index contributed by atoms with van der Waals surface area (Å²) in [5.41, 5.74) is 2.98. The highest BCUT2D eigenvalue weighted by Crippen LogP contribution is 2.29. The number of thioether (sulfide) groups is 1. The molecule has 158 valence electrons. The van der Waals surface area contributed by atoms with Crippen LogP contribution in [0.2, 0.25) is 5.02 Å². The first kappa shape index (κ1) is 20.5. The number of para-hydroxylation sites is 2. The molecule has 0 radical (unpaired) electrons. The molecule has 0 aliphatic heterocycles. The zero-order valence-electron chi connectivity index (χ0n) is 17.0. The molecule has 0 amide bonds. The first-order chi connectivity index (χ1) is 15.6. The minimum atomic E-state index is -0.116. The van der Waals surface area contributed by atoms with Gasteiger partial charge < -0.3 is 4.42 Å². The van der Waals surface area contributed by atoms with Crippen LogP contribution in [0.15, 0.2) is 87.2 Å². The van der Waals surface area contributed by atoms with E-state index in [0.29, 0.717) is 44.2 Å². The van der Waals surface area contributed by atoms with E-state index >= 15 is 0 Å².